The van der Waals surface area contributed by atoms with E-state index in [9.17, 15) is 19.3 Å². The zero-order chi connectivity index (χ0) is 14.9. The van der Waals surface area contributed by atoms with E-state index in [1.807, 2.05) is 6.92 Å². The molecule has 21 heavy (non-hydrogen) atoms. The van der Waals surface area contributed by atoms with Gasteiger partial charge in [-0.3, -0.25) is 14.9 Å². The van der Waals surface area contributed by atoms with E-state index in [0.29, 0.717) is 13.1 Å². The molecule has 116 valence electrons. The summed E-state index contributed by atoms with van der Waals surface area (Å²) in [4.78, 5) is 23.6. The molecule has 1 aliphatic rings. The maximum Gasteiger partial charge on any atom is 0.272 e. The summed E-state index contributed by atoms with van der Waals surface area (Å²) in [6.45, 7) is 2.90. The Morgan fingerprint density at radius 1 is 1.57 bits per heavy atom. The quantitative estimate of drug-likeness (QED) is 0.681. The van der Waals surface area contributed by atoms with Crippen molar-refractivity contribution >= 4 is 24.0 Å². The molecule has 0 aliphatic carbocycles. The van der Waals surface area contributed by atoms with E-state index in [1.54, 1.807) is 0 Å². The van der Waals surface area contributed by atoms with Gasteiger partial charge >= 0.3 is 0 Å². The van der Waals surface area contributed by atoms with Crippen LogP contribution in [0.25, 0.3) is 0 Å². The van der Waals surface area contributed by atoms with Crippen molar-refractivity contribution in [3.8, 4) is 0 Å². The van der Waals surface area contributed by atoms with Crippen LogP contribution in [-0.2, 0) is 0 Å². The molecule has 1 aliphatic heterocycles. The standard InChI is InChI=1S/C13H16FN3O3.ClH/c1-8(15)9-4-5-16(7-9)13(18)11-3-2-10(17(19)20)6-12(11)14;/h2-3,6,8-9H,4-5,7,15H2,1H3;1H. The van der Waals surface area contributed by atoms with E-state index in [-0.39, 0.29) is 35.6 Å². The van der Waals surface area contributed by atoms with Crippen molar-refractivity contribution in [2.24, 2.45) is 11.7 Å². The molecular weight excluding hydrogens is 301 g/mol. The van der Waals surface area contributed by atoms with Gasteiger partial charge in [0.05, 0.1) is 16.6 Å². The normalized spacial score (nSPS) is 19.0. The number of nitro groups is 1. The number of amides is 1. The average Bonchev–Trinajstić information content (AvgIpc) is 2.87. The van der Waals surface area contributed by atoms with Gasteiger partial charge in [-0.2, -0.15) is 0 Å². The molecule has 2 N–H and O–H groups in total. The Morgan fingerprint density at radius 2 is 2.24 bits per heavy atom. The second kappa shape index (κ2) is 6.82. The van der Waals surface area contributed by atoms with Gasteiger partial charge in [0, 0.05) is 25.2 Å². The molecule has 0 aromatic heterocycles. The number of nitro benzene ring substituents is 1. The van der Waals surface area contributed by atoms with Gasteiger partial charge in [-0.05, 0) is 25.3 Å². The highest BCUT2D eigenvalue weighted by Crippen LogP contribution is 2.23. The van der Waals surface area contributed by atoms with Crippen molar-refractivity contribution in [2.45, 2.75) is 19.4 Å². The molecule has 1 amide bonds. The molecule has 1 saturated heterocycles. The Morgan fingerprint density at radius 3 is 2.71 bits per heavy atom. The highest BCUT2D eigenvalue weighted by molar-refractivity contribution is 5.94. The van der Waals surface area contributed by atoms with Crippen LogP contribution in [0.2, 0.25) is 0 Å². The first-order chi connectivity index (χ1) is 9.40. The predicted octanol–water partition coefficient (Wildman–Crippen LogP) is 1.97. The molecular formula is C13H17ClFN3O3. The molecule has 1 aromatic carbocycles. The van der Waals surface area contributed by atoms with Crippen LogP contribution in [0.3, 0.4) is 0 Å². The topological polar surface area (TPSA) is 89.5 Å². The number of halogens is 2. The van der Waals surface area contributed by atoms with Crippen molar-refractivity contribution in [1.82, 2.24) is 4.90 Å². The van der Waals surface area contributed by atoms with Crippen LogP contribution in [0.5, 0.6) is 0 Å². The summed E-state index contributed by atoms with van der Waals surface area (Å²) in [5.41, 5.74) is 5.29. The zero-order valence-electron chi connectivity index (χ0n) is 11.5. The minimum Gasteiger partial charge on any atom is -0.338 e. The molecule has 8 heteroatoms. The van der Waals surface area contributed by atoms with Gasteiger partial charge in [-0.1, -0.05) is 0 Å². The fraction of sp³-hybridized carbons (Fsp3) is 0.462. The maximum atomic E-state index is 13.8. The molecule has 2 atom stereocenters. The lowest BCUT2D eigenvalue weighted by atomic mass is 10.0. The lowest BCUT2D eigenvalue weighted by Crippen LogP contribution is -2.33. The third-order valence-corrected chi connectivity index (χ3v) is 3.65. The highest BCUT2D eigenvalue weighted by atomic mass is 35.5. The van der Waals surface area contributed by atoms with Crippen LogP contribution in [0, 0.1) is 21.8 Å². The van der Waals surface area contributed by atoms with Gasteiger partial charge in [0.1, 0.15) is 5.82 Å². The summed E-state index contributed by atoms with van der Waals surface area (Å²) in [6.07, 6.45) is 0.790. The monoisotopic (exact) mass is 317 g/mol. The van der Waals surface area contributed by atoms with E-state index < -0.39 is 16.6 Å². The first-order valence-corrected chi connectivity index (χ1v) is 6.39. The van der Waals surface area contributed by atoms with E-state index in [4.69, 9.17) is 5.73 Å². The third kappa shape index (κ3) is 3.68. The fourth-order valence-electron chi connectivity index (χ4n) is 2.36. The fourth-order valence-corrected chi connectivity index (χ4v) is 2.36. The van der Waals surface area contributed by atoms with Crippen LogP contribution >= 0.6 is 12.4 Å². The number of benzene rings is 1. The molecule has 6 nitrogen and oxygen atoms in total. The molecule has 1 fully saturated rings. The summed E-state index contributed by atoms with van der Waals surface area (Å²) in [5.74, 6) is -1.10. The minimum atomic E-state index is -0.867. The molecule has 1 aromatic rings. The van der Waals surface area contributed by atoms with E-state index in [0.717, 1.165) is 24.6 Å². The smallest absolute Gasteiger partial charge is 0.272 e. The second-order valence-electron chi connectivity index (χ2n) is 5.08. The molecule has 0 radical (unpaired) electrons. The SMILES string of the molecule is CC(N)C1CCN(C(=O)c2ccc([N+](=O)[O-])cc2F)C1.Cl. The number of non-ortho nitro benzene ring substituents is 1. The Hall–Kier alpha value is -1.73. The van der Waals surface area contributed by atoms with E-state index >= 15 is 0 Å². The van der Waals surface area contributed by atoms with Gasteiger partial charge < -0.3 is 10.6 Å². The van der Waals surface area contributed by atoms with Crippen LogP contribution in [0.4, 0.5) is 10.1 Å². The zero-order valence-corrected chi connectivity index (χ0v) is 12.3. The summed E-state index contributed by atoms with van der Waals surface area (Å²) in [5, 5.41) is 10.5. The Balaban J connectivity index is 0.00000220. The molecule has 1 heterocycles. The van der Waals surface area contributed by atoms with E-state index in [1.165, 1.54) is 4.90 Å². The van der Waals surface area contributed by atoms with Crippen molar-refractivity contribution in [2.75, 3.05) is 13.1 Å². The highest BCUT2D eigenvalue weighted by Gasteiger charge is 2.30. The lowest BCUT2D eigenvalue weighted by molar-refractivity contribution is -0.385. The number of nitrogens with two attached hydrogens (primary N) is 1. The maximum absolute atomic E-state index is 13.8. The molecule has 2 rings (SSSR count). The van der Waals surface area contributed by atoms with Crippen LogP contribution < -0.4 is 5.73 Å². The van der Waals surface area contributed by atoms with Gasteiger partial charge in [0.2, 0.25) is 0 Å². The summed E-state index contributed by atoms with van der Waals surface area (Å²) < 4.78 is 13.8. The molecule has 2 unspecified atom stereocenters. The summed E-state index contributed by atoms with van der Waals surface area (Å²) in [6, 6.07) is 3.05. The Kier molecular flexibility index (Phi) is 5.62. The number of nitrogens with zero attached hydrogens (tertiary/aromatic N) is 2. The van der Waals surface area contributed by atoms with Crippen molar-refractivity contribution < 1.29 is 14.1 Å². The largest absolute Gasteiger partial charge is 0.338 e. The second-order valence-corrected chi connectivity index (χ2v) is 5.08. The van der Waals surface area contributed by atoms with Gasteiger partial charge in [0.15, 0.2) is 0 Å². The summed E-state index contributed by atoms with van der Waals surface area (Å²) >= 11 is 0. The van der Waals surface area contributed by atoms with E-state index in [2.05, 4.69) is 0 Å². The first-order valence-electron chi connectivity index (χ1n) is 6.39. The van der Waals surface area contributed by atoms with Gasteiger partial charge in [0.25, 0.3) is 11.6 Å². The molecule has 0 bridgehead atoms. The average molecular weight is 318 g/mol. The third-order valence-electron chi connectivity index (χ3n) is 3.65. The number of carbonyl (C=O) groups excluding carboxylic acids is 1. The van der Waals surface area contributed by atoms with Crippen LogP contribution in [-0.4, -0.2) is 34.9 Å². The van der Waals surface area contributed by atoms with Crippen LogP contribution in [0.1, 0.15) is 23.7 Å². The summed E-state index contributed by atoms with van der Waals surface area (Å²) in [7, 11) is 0. The number of likely N-dealkylation sites (tertiary alicyclic amines) is 1. The molecule has 0 saturated carbocycles. The Bertz CT molecular complexity index is 553. The molecule has 0 spiro atoms. The minimum absolute atomic E-state index is 0. The van der Waals surface area contributed by atoms with Gasteiger partial charge in [-0.25, -0.2) is 4.39 Å². The van der Waals surface area contributed by atoms with Crippen LogP contribution in [0.15, 0.2) is 18.2 Å². The Labute approximate surface area is 127 Å². The number of rotatable bonds is 3. The van der Waals surface area contributed by atoms with Crippen molar-refractivity contribution in [1.29, 1.82) is 0 Å². The number of hydrogen-bond donors (Lipinski definition) is 1. The van der Waals surface area contributed by atoms with Crippen molar-refractivity contribution in [3.63, 3.8) is 0 Å². The van der Waals surface area contributed by atoms with Crippen molar-refractivity contribution in [3.05, 3.63) is 39.7 Å². The number of carbonyl (C=O) groups is 1. The lowest BCUT2D eigenvalue weighted by Gasteiger charge is -2.18. The predicted molar refractivity (Wildman–Crippen MR) is 78.0 cm³/mol. The number of hydrogen-bond acceptors (Lipinski definition) is 4. The van der Waals surface area contributed by atoms with Gasteiger partial charge in [-0.15, -0.1) is 12.4 Å². The first kappa shape index (κ1) is 17.3.